The van der Waals surface area contributed by atoms with Gasteiger partial charge in [0.25, 0.3) is 0 Å². The summed E-state index contributed by atoms with van der Waals surface area (Å²) in [6, 6.07) is 9.99. The first-order valence-electron chi connectivity index (χ1n) is 5.78. The monoisotopic (exact) mass is 408 g/mol. The summed E-state index contributed by atoms with van der Waals surface area (Å²) >= 11 is 15.2. The molecule has 4 nitrogen and oxygen atoms in total. The molecule has 0 aromatic heterocycles. The van der Waals surface area contributed by atoms with Crippen molar-refractivity contribution in [2.75, 3.05) is 5.73 Å². The molecule has 0 bridgehead atoms. The number of anilines is 1. The third kappa shape index (κ3) is 4.11. The Bertz CT molecular complexity index is 758. The number of halogens is 3. The molecule has 0 unspecified atom stereocenters. The number of hydrogen-bond donors (Lipinski definition) is 2. The molecule has 0 aliphatic heterocycles. The van der Waals surface area contributed by atoms with Crippen LogP contribution in [-0.4, -0.2) is 8.42 Å². The van der Waals surface area contributed by atoms with Crippen LogP contribution in [0.25, 0.3) is 0 Å². The van der Waals surface area contributed by atoms with E-state index in [1.807, 2.05) is 18.2 Å². The fourth-order valence-electron chi connectivity index (χ4n) is 1.73. The van der Waals surface area contributed by atoms with Gasteiger partial charge < -0.3 is 5.73 Å². The summed E-state index contributed by atoms with van der Waals surface area (Å²) in [5.41, 5.74) is 6.67. The smallest absolute Gasteiger partial charge is 0.243 e. The Morgan fingerprint density at radius 2 is 1.76 bits per heavy atom. The van der Waals surface area contributed by atoms with E-state index in [0.717, 1.165) is 10.0 Å². The highest BCUT2D eigenvalue weighted by Gasteiger charge is 2.22. The molecule has 0 aliphatic rings. The molecule has 0 amide bonds. The molecule has 3 N–H and O–H groups in total. The first-order chi connectivity index (χ1) is 9.79. The third-order valence-corrected chi connectivity index (χ3v) is 5.46. The van der Waals surface area contributed by atoms with Gasteiger partial charge in [0.1, 0.15) is 4.90 Å². The minimum Gasteiger partial charge on any atom is -0.399 e. The van der Waals surface area contributed by atoms with Gasteiger partial charge >= 0.3 is 0 Å². The molecule has 8 heteroatoms. The Kier molecular flexibility index (Phi) is 5.16. The predicted molar refractivity (Wildman–Crippen MR) is 89.0 cm³/mol. The second-order valence-corrected chi connectivity index (χ2v) is 7.70. The van der Waals surface area contributed by atoms with Crippen LogP contribution < -0.4 is 10.5 Å². The molecule has 2 aromatic carbocycles. The molecular weight excluding hydrogens is 399 g/mol. The highest BCUT2D eigenvalue weighted by atomic mass is 79.9. The van der Waals surface area contributed by atoms with E-state index in [1.165, 1.54) is 12.1 Å². The van der Waals surface area contributed by atoms with E-state index in [2.05, 4.69) is 20.7 Å². The topological polar surface area (TPSA) is 72.2 Å². The SMILES string of the molecule is Nc1cc(Cl)c(S(=O)(=O)NCc2cccc(Br)c2)c(Cl)c1. The summed E-state index contributed by atoms with van der Waals surface area (Å²) in [7, 11) is -3.83. The first kappa shape index (κ1) is 16.6. The number of benzene rings is 2. The highest BCUT2D eigenvalue weighted by Crippen LogP contribution is 2.31. The molecule has 0 fully saturated rings. The molecule has 0 saturated carbocycles. The highest BCUT2D eigenvalue weighted by molar-refractivity contribution is 9.10. The Hall–Kier alpha value is -0.790. The van der Waals surface area contributed by atoms with Gasteiger partial charge in [-0.25, -0.2) is 13.1 Å². The minimum atomic E-state index is -3.83. The molecule has 0 atom stereocenters. The summed E-state index contributed by atoms with van der Waals surface area (Å²) < 4.78 is 27.9. The van der Waals surface area contributed by atoms with Crippen LogP contribution in [0.1, 0.15) is 5.56 Å². The van der Waals surface area contributed by atoms with Crippen molar-refractivity contribution in [3.63, 3.8) is 0 Å². The average Bonchev–Trinajstić information content (AvgIpc) is 2.35. The summed E-state index contributed by atoms with van der Waals surface area (Å²) in [5, 5.41) is -0.0246. The van der Waals surface area contributed by atoms with Crippen LogP contribution in [0.3, 0.4) is 0 Å². The molecule has 2 aromatic rings. The molecule has 0 heterocycles. The number of sulfonamides is 1. The van der Waals surface area contributed by atoms with Crippen molar-refractivity contribution in [1.29, 1.82) is 0 Å². The Balaban J connectivity index is 2.27. The largest absolute Gasteiger partial charge is 0.399 e. The van der Waals surface area contributed by atoms with Crippen molar-refractivity contribution in [3.05, 3.63) is 56.5 Å². The average molecular weight is 410 g/mol. The van der Waals surface area contributed by atoms with Gasteiger partial charge in [-0.05, 0) is 29.8 Å². The van der Waals surface area contributed by atoms with Crippen molar-refractivity contribution >= 4 is 54.8 Å². The lowest BCUT2D eigenvalue weighted by molar-refractivity contribution is 0.581. The minimum absolute atomic E-state index is 0.0123. The molecule has 2 rings (SSSR count). The van der Waals surface area contributed by atoms with Crippen molar-refractivity contribution in [2.24, 2.45) is 0 Å². The molecule has 0 saturated heterocycles. The zero-order valence-electron chi connectivity index (χ0n) is 10.6. The zero-order valence-corrected chi connectivity index (χ0v) is 14.5. The second-order valence-electron chi connectivity index (χ2n) is 4.27. The maximum Gasteiger partial charge on any atom is 0.243 e. The molecule has 112 valence electrons. The van der Waals surface area contributed by atoms with Crippen LogP contribution in [0.2, 0.25) is 10.0 Å². The lowest BCUT2D eigenvalue weighted by Gasteiger charge is -2.11. The fourth-order valence-corrected chi connectivity index (χ4v) is 4.43. The Morgan fingerprint density at radius 1 is 1.14 bits per heavy atom. The number of rotatable bonds is 4. The number of nitrogens with two attached hydrogens (primary N) is 1. The van der Waals surface area contributed by atoms with E-state index in [4.69, 9.17) is 28.9 Å². The van der Waals surface area contributed by atoms with Gasteiger partial charge in [0.05, 0.1) is 10.0 Å². The van der Waals surface area contributed by atoms with Gasteiger partial charge in [-0.15, -0.1) is 0 Å². The lowest BCUT2D eigenvalue weighted by atomic mass is 10.2. The fraction of sp³-hybridized carbons (Fsp3) is 0.0769. The summed E-state index contributed by atoms with van der Waals surface area (Å²) in [5.74, 6) is 0. The summed E-state index contributed by atoms with van der Waals surface area (Å²) in [4.78, 5) is -0.171. The Morgan fingerprint density at radius 3 is 2.33 bits per heavy atom. The number of nitrogen functional groups attached to an aromatic ring is 1. The van der Waals surface area contributed by atoms with Gasteiger partial charge in [-0.2, -0.15) is 0 Å². The molecule has 21 heavy (non-hydrogen) atoms. The molecule has 0 spiro atoms. The van der Waals surface area contributed by atoms with Gasteiger partial charge in [0.15, 0.2) is 0 Å². The van der Waals surface area contributed by atoms with E-state index in [9.17, 15) is 8.42 Å². The van der Waals surface area contributed by atoms with Crippen LogP contribution in [-0.2, 0) is 16.6 Å². The van der Waals surface area contributed by atoms with E-state index in [-0.39, 0.29) is 21.5 Å². The van der Waals surface area contributed by atoms with Crippen LogP contribution in [0.4, 0.5) is 5.69 Å². The predicted octanol–water partition coefficient (Wildman–Crippen LogP) is 3.82. The van der Waals surface area contributed by atoms with E-state index in [0.29, 0.717) is 5.69 Å². The van der Waals surface area contributed by atoms with Crippen LogP contribution in [0.5, 0.6) is 0 Å². The van der Waals surface area contributed by atoms with Crippen LogP contribution in [0.15, 0.2) is 45.8 Å². The maximum absolute atomic E-state index is 12.3. The third-order valence-electron chi connectivity index (χ3n) is 2.64. The molecular formula is C13H11BrCl2N2O2S. The van der Waals surface area contributed by atoms with Crippen molar-refractivity contribution in [3.8, 4) is 0 Å². The maximum atomic E-state index is 12.3. The van der Waals surface area contributed by atoms with Crippen molar-refractivity contribution in [1.82, 2.24) is 4.72 Å². The van der Waals surface area contributed by atoms with E-state index >= 15 is 0 Å². The van der Waals surface area contributed by atoms with Gasteiger partial charge in [0.2, 0.25) is 10.0 Å². The zero-order chi connectivity index (χ0) is 15.6. The van der Waals surface area contributed by atoms with Crippen LogP contribution in [0, 0.1) is 0 Å². The first-order valence-corrected chi connectivity index (χ1v) is 8.81. The number of hydrogen-bond acceptors (Lipinski definition) is 3. The van der Waals surface area contributed by atoms with Gasteiger partial charge in [-0.1, -0.05) is 51.3 Å². The van der Waals surface area contributed by atoms with Crippen LogP contribution >= 0.6 is 39.1 Å². The second kappa shape index (κ2) is 6.54. The Labute approximate surface area is 141 Å². The molecule has 0 radical (unpaired) electrons. The lowest BCUT2D eigenvalue weighted by Crippen LogP contribution is -2.24. The standard InChI is InChI=1S/C13H11BrCl2N2O2S/c14-9-3-1-2-8(4-9)7-18-21(19,20)13-11(15)5-10(17)6-12(13)16/h1-6,18H,7,17H2. The van der Waals surface area contributed by atoms with E-state index in [1.54, 1.807) is 6.07 Å². The summed E-state index contributed by atoms with van der Waals surface area (Å²) in [6.07, 6.45) is 0. The van der Waals surface area contributed by atoms with Crippen molar-refractivity contribution in [2.45, 2.75) is 11.4 Å². The summed E-state index contributed by atoms with van der Waals surface area (Å²) in [6.45, 7) is 0.124. The van der Waals surface area contributed by atoms with E-state index < -0.39 is 10.0 Å². The van der Waals surface area contributed by atoms with Crippen molar-refractivity contribution < 1.29 is 8.42 Å². The quantitative estimate of drug-likeness (QED) is 0.754. The van der Waals surface area contributed by atoms with Gasteiger partial charge in [0, 0.05) is 16.7 Å². The molecule has 0 aliphatic carbocycles. The number of nitrogens with one attached hydrogen (secondary N) is 1. The normalized spacial score (nSPS) is 11.6. The van der Waals surface area contributed by atoms with Gasteiger partial charge in [-0.3, -0.25) is 0 Å².